The number of fused-ring (bicyclic) bond motifs is 9. The molecule has 10 heteroatoms. The molecule has 0 aliphatic carbocycles. The zero-order valence-electron chi connectivity index (χ0n) is 25.0. The maximum atomic E-state index is 13.5. The predicted octanol–water partition coefficient (Wildman–Crippen LogP) is 5.37. The van der Waals surface area contributed by atoms with E-state index in [1.165, 1.54) is 23.1 Å². The van der Waals surface area contributed by atoms with Crippen molar-refractivity contribution in [3.05, 3.63) is 58.9 Å². The highest BCUT2D eigenvalue weighted by Gasteiger charge is 2.45. The fraction of sp³-hybridized carbons (Fsp3) is 0.414. The second kappa shape index (κ2) is 9.88. The van der Waals surface area contributed by atoms with Gasteiger partial charge in [-0.2, -0.15) is 8.78 Å². The molecule has 1 aromatic heterocycles. The van der Waals surface area contributed by atoms with Crippen LogP contribution in [-0.4, -0.2) is 64.1 Å². The molecular formula is C29H30F2N4O4. The van der Waals surface area contributed by atoms with Crippen LogP contribution >= 0.6 is 0 Å². The molecule has 0 fully saturated rings. The molecule has 0 radical (unpaired) electrons. The number of hydrogen-bond donors (Lipinski definition) is 0. The zero-order valence-corrected chi connectivity index (χ0v) is 22.0. The van der Waals surface area contributed by atoms with Gasteiger partial charge in [-0.3, -0.25) is 4.79 Å². The summed E-state index contributed by atoms with van der Waals surface area (Å²) in [6.07, 6.45) is 0.0781. The second-order valence-electron chi connectivity index (χ2n) is 10.5. The fourth-order valence-electron chi connectivity index (χ4n) is 5.01. The standard InChI is InChI=1S/C29H30F2N4O4/c1-29(2,3)39-28(37)33(4)14-7-6-9-17-12-13-19-20(15-17)35-21-16-22(25(35)32-19)34(5)26(36)18-10-8-11-23(24(18)21)38-27(30)31/h8,10-13,15,21-22,27H,7,14,16H2,1-5H3/t21-,22-/m1/s1/i5D3. The van der Waals surface area contributed by atoms with Crippen LogP contribution in [0.1, 0.15) is 77.1 Å². The van der Waals surface area contributed by atoms with Gasteiger partial charge in [-0.05, 0) is 51.1 Å². The molecule has 5 rings (SSSR count). The molecule has 0 saturated heterocycles. The molecule has 2 aromatic carbocycles. The summed E-state index contributed by atoms with van der Waals surface area (Å²) in [5.41, 5.74) is 1.39. The summed E-state index contributed by atoms with van der Waals surface area (Å²) >= 11 is 0. The van der Waals surface area contributed by atoms with E-state index in [1.54, 1.807) is 50.6 Å². The van der Waals surface area contributed by atoms with Crippen molar-refractivity contribution in [3.63, 3.8) is 0 Å². The molecule has 39 heavy (non-hydrogen) atoms. The van der Waals surface area contributed by atoms with Crippen LogP contribution in [0, 0.1) is 11.8 Å². The maximum Gasteiger partial charge on any atom is 0.410 e. The molecule has 0 N–H and O–H groups in total. The van der Waals surface area contributed by atoms with Crippen LogP contribution < -0.4 is 4.74 Å². The number of hydrogen-bond acceptors (Lipinski definition) is 5. The summed E-state index contributed by atoms with van der Waals surface area (Å²) in [6, 6.07) is 7.89. The number of rotatable bonds is 4. The van der Waals surface area contributed by atoms with Crippen molar-refractivity contribution in [2.24, 2.45) is 0 Å². The Labute approximate surface area is 229 Å². The van der Waals surface area contributed by atoms with Crippen LogP contribution in [0.4, 0.5) is 13.6 Å². The van der Waals surface area contributed by atoms with E-state index in [-0.39, 0.29) is 23.3 Å². The largest absolute Gasteiger partial charge is 0.444 e. The lowest BCUT2D eigenvalue weighted by Crippen LogP contribution is -2.34. The van der Waals surface area contributed by atoms with Crippen molar-refractivity contribution in [3.8, 4) is 17.6 Å². The van der Waals surface area contributed by atoms with Crippen molar-refractivity contribution in [1.82, 2.24) is 19.4 Å². The van der Waals surface area contributed by atoms with Gasteiger partial charge in [-0.15, -0.1) is 0 Å². The van der Waals surface area contributed by atoms with Gasteiger partial charge in [0.05, 0.1) is 23.1 Å². The Kier molecular flexibility index (Phi) is 5.78. The topological polar surface area (TPSA) is 76.9 Å². The van der Waals surface area contributed by atoms with Crippen LogP contribution in [0.15, 0.2) is 36.4 Å². The Balaban J connectivity index is 1.52. The first-order chi connectivity index (χ1) is 19.7. The lowest BCUT2D eigenvalue weighted by atomic mass is 9.97. The minimum absolute atomic E-state index is 0.00525. The van der Waals surface area contributed by atoms with Crippen LogP contribution in [0.2, 0.25) is 0 Å². The molecule has 204 valence electrons. The monoisotopic (exact) mass is 539 g/mol. The molecular weight excluding hydrogens is 506 g/mol. The van der Waals surface area contributed by atoms with E-state index in [0.717, 1.165) is 4.90 Å². The molecule has 3 aromatic rings. The number of carbonyl (C=O) groups excluding carboxylic acids is 2. The molecule has 2 aliphatic heterocycles. The van der Waals surface area contributed by atoms with Crippen LogP contribution in [-0.2, 0) is 4.74 Å². The molecule has 0 saturated carbocycles. The van der Waals surface area contributed by atoms with E-state index < -0.39 is 43.3 Å². The van der Waals surface area contributed by atoms with E-state index in [4.69, 9.17) is 13.6 Å². The quantitative estimate of drug-likeness (QED) is 0.417. The number of halogens is 2. The normalized spacial score (nSPS) is 19.3. The SMILES string of the molecule is [2H]C([2H])([2H])N1C(=O)c2cccc(OC(F)F)c2[C@H]2C[C@@H]1c1nc3ccc(C#CCCN(C)C(=O)OC(C)(C)C)cc3n12. The van der Waals surface area contributed by atoms with E-state index in [1.807, 2.05) is 0 Å². The highest BCUT2D eigenvalue weighted by Crippen LogP contribution is 2.49. The van der Waals surface area contributed by atoms with Crippen molar-refractivity contribution < 1.29 is 32.0 Å². The summed E-state index contributed by atoms with van der Waals surface area (Å²) in [5, 5.41) is 0. The Morgan fingerprint density at radius 3 is 2.79 bits per heavy atom. The van der Waals surface area contributed by atoms with Crippen LogP contribution in [0.5, 0.6) is 5.75 Å². The number of nitrogens with zero attached hydrogens (tertiary/aromatic N) is 4. The first kappa shape index (κ1) is 22.8. The van der Waals surface area contributed by atoms with Crippen molar-refractivity contribution in [1.29, 1.82) is 0 Å². The maximum absolute atomic E-state index is 13.5. The number of imidazole rings is 1. The van der Waals surface area contributed by atoms with Gasteiger partial charge < -0.3 is 23.8 Å². The zero-order chi connectivity index (χ0) is 30.6. The Hall–Kier alpha value is -4.13. The molecule has 0 spiro atoms. The van der Waals surface area contributed by atoms with Gasteiger partial charge in [0, 0.05) is 54.2 Å². The van der Waals surface area contributed by atoms with Gasteiger partial charge in [0.25, 0.3) is 5.91 Å². The summed E-state index contributed by atoms with van der Waals surface area (Å²) in [6.45, 7) is -0.201. The molecule has 3 heterocycles. The van der Waals surface area contributed by atoms with E-state index in [0.29, 0.717) is 35.4 Å². The highest BCUT2D eigenvalue weighted by molar-refractivity contribution is 5.97. The first-order valence-electron chi connectivity index (χ1n) is 14.0. The van der Waals surface area contributed by atoms with Crippen molar-refractivity contribution in [2.45, 2.75) is 57.9 Å². The summed E-state index contributed by atoms with van der Waals surface area (Å²) in [7, 11) is 1.63. The van der Waals surface area contributed by atoms with Crippen LogP contribution in [0.3, 0.4) is 0 Å². The number of aromatic nitrogens is 2. The number of ether oxygens (including phenoxy) is 2. The van der Waals surface area contributed by atoms with E-state index in [2.05, 4.69) is 16.8 Å². The summed E-state index contributed by atoms with van der Waals surface area (Å²) < 4.78 is 63.1. The number of amides is 2. The van der Waals surface area contributed by atoms with Gasteiger partial charge in [-0.25, -0.2) is 9.78 Å². The molecule has 2 bridgehead atoms. The number of carbonyl (C=O) groups is 2. The second-order valence-corrected chi connectivity index (χ2v) is 10.5. The van der Waals surface area contributed by atoms with E-state index >= 15 is 0 Å². The van der Waals surface area contributed by atoms with E-state index in [9.17, 15) is 18.4 Å². The summed E-state index contributed by atoms with van der Waals surface area (Å²) in [5.74, 6) is 5.50. The predicted molar refractivity (Wildman–Crippen MR) is 141 cm³/mol. The third-order valence-electron chi connectivity index (χ3n) is 6.66. The molecule has 0 unspecified atom stereocenters. The molecule has 2 aliphatic rings. The van der Waals surface area contributed by atoms with Gasteiger partial charge in [-0.1, -0.05) is 17.9 Å². The summed E-state index contributed by atoms with van der Waals surface area (Å²) in [4.78, 5) is 32.6. The average molecular weight is 540 g/mol. The minimum atomic E-state index is -3.14. The minimum Gasteiger partial charge on any atom is -0.444 e. The third kappa shape index (κ3) is 5.01. The average Bonchev–Trinajstić information content (AvgIpc) is 3.37. The van der Waals surface area contributed by atoms with Gasteiger partial charge >= 0.3 is 12.7 Å². The Morgan fingerprint density at radius 2 is 2.08 bits per heavy atom. The Bertz CT molecular complexity index is 1620. The molecule has 8 nitrogen and oxygen atoms in total. The lowest BCUT2D eigenvalue weighted by molar-refractivity contribution is -0.0507. The molecule has 2 amide bonds. The third-order valence-corrected chi connectivity index (χ3v) is 6.66. The fourth-order valence-corrected chi connectivity index (χ4v) is 5.01. The van der Waals surface area contributed by atoms with Gasteiger partial charge in [0.1, 0.15) is 17.2 Å². The van der Waals surface area contributed by atoms with Gasteiger partial charge in [0.15, 0.2) is 0 Å². The number of benzene rings is 2. The van der Waals surface area contributed by atoms with Crippen LogP contribution in [0.25, 0.3) is 11.0 Å². The molecule has 2 atom stereocenters. The highest BCUT2D eigenvalue weighted by atomic mass is 19.3. The number of alkyl halides is 2. The first-order valence-corrected chi connectivity index (χ1v) is 12.5. The smallest absolute Gasteiger partial charge is 0.410 e. The van der Waals surface area contributed by atoms with Crippen molar-refractivity contribution in [2.75, 3.05) is 20.6 Å². The lowest BCUT2D eigenvalue weighted by Gasteiger charge is -2.24. The van der Waals surface area contributed by atoms with Gasteiger partial charge in [0.2, 0.25) is 0 Å². The Morgan fingerprint density at radius 1 is 1.28 bits per heavy atom. The van der Waals surface area contributed by atoms with Crippen molar-refractivity contribution >= 4 is 23.0 Å².